The predicted molar refractivity (Wildman–Crippen MR) is 65.2 cm³/mol. The summed E-state index contributed by atoms with van der Waals surface area (Å²) in [4.78, 5) is 2.80. The van der Waals surface area contributed by atoms with Gasteiger partial charge in [-0.05, 0) is 19.3 Å². The second-order valence-corrected chi connectivity index (χ2v) is 5.27. The molecule has 1 aliphatic carbocycles. The Morgan fingerprint density at radius 2 is 1.73 bits per heavy atom. The Hall–Kier alpha value is -0.0800. The minimum absolute atomic E-state index is 0.592. The topological polar surface area (TPSA) is 15.3 Å². The van der Waals surface area contributed by atoms with Crippen LogP contribution in [0.15, 0.2) is 0 Å². The molecule has 2 fully saturated rings. The van der Waals surface area contributed by atoms with Gasteiger partial charge in [0, 0.05) is 31.7 Å². The van der Waals surface area contributed by atoms with Crippen LogP contribution in [0.2, 0.25) is 0 Å². The fourth-order valence-electron chi connectivity index (χ4n) is 3.54. The molecule has 0 atom stereocenters. The third-order valence-electron chi connectivity index (χ3n) is 4.29. The van der Waals surface area contributed by atoms with Crippen LogP contribution in [0.1, 0.15) is 51.9 Å². The Kier molecular flexibility index (Phi) is 4.04. The highest BCUT2D eigenvalue weighted by Crippen LogP contribution is 2.37. The van der Waals surface area contributed by atoms with E-state index in [-0.39, 0.29) is 0 Å². The molecule has 1 aliphatic heterocycles. The highest BCUT2D eigenvalue weighted by molar-refractivity contribution is 4.94. The molecule has 0 amide bonds. The summed E-state index contributed by atoms with van der Waals surface area (Å²) in [6.07, 6.45) is 10.1. The van der Waals surface area contributed by atoms with Crippen LogP contribution in [0.25, 0.3) is 0 Å². The molecule has 2 rings (SSSR count). The van der Waals surface area contributed by atoms with Gasteiger partial charge < -0.3 is 5.32 Å². The van der Waals surface area contributed by atoms with Crippen LogP contribution in [0.4, 0.5) is 0 Å². The molecule has 0 unspecified atom stereocenters. The minimum Gasteiger partial charge on any atom is -0.314 e. The van der Waals surface area contributed by atoms with Gasteiger partial charge in [-0.2, -0.15) is 0 Å². The van der Waals surface area contributed by atoms with E-state index in [1.54, 1.807) is 0 Å². The summed E-state index contributed by atoms with van der Waals surface area (Å²) in [5, 5.41) is 3.47. The smallest absolute Gasteiger partial charge is 0.0210 e. The summed E-state index contributed by atoms with van der Waals surface area (Å²) in [6.45, 7) is 7.30. The van der Waals surface area contributed by atoms with Crippen molar-refractivity contribution in [2.45, 2.75) is 57.4 Å². The molecular formula is C13H26N2. The van der Waals surface area contributed by atoms with Crippen LogP contribution in [0.5, 0.6) is 0 Å². The molecule has 0 aromatic rings. The highest BCUT2D eigenvalue weighted by atomic mass is 15.2. The van der Waals surface area contributed by atoms with Crippen LogP contribution in [0.3, 0.4) is 0 Å². The molecule has 0 aromatic carbocycles. The van der Waals surface area contributed by atoms with E-state index in [4.69, 9.17) is 0 Å². The molecule has 88 valence electrons. The van der Waals surface area contributed by atoms with Crippen molar-refractivity contribution in [2.75, 3.05) is 26.2 Å². The van der Waals surface area contributed by atoms with Gasteiger partial charge in [-0.25, -0.2) is 0 Å². The summed E-state index contributed by atoms with van der Waals surface area (Å²) in [6, 6.07) is 0. The zero-order valence-electron chi connectivity index (χ0n) is 10.2. The third kappa shape index (κ3) is 2.54. The lowest BCUT2D eigenvalue weighted by Crippen LogP contribution is -2.56. The third-order valence-corrected chi connectivity index (χ3v) is 4.29. The molecule has 0 radical (unpaired) electrons. The molecule has 1 heterocycles. The largest absolute Gasteiger partial charge is 0.314 e. The number of nitrogens with one attached hydrogen (secondary N) is 1. The molecule has 2 aliphatic rings. The molecule has 0 spiro atoms. The van der Waals surface area contributed by atoms with Gasteiger partial charge in [0.05, 0.1) is 0 Å². The van der Waals surface area contributed by atoms with E-state index in [0.717, 1.165) is 0 Å². The van der Waals surface area contributed by atoms with Gasteiger partial charge >= 0.3 is 0 Å². The molecule has 0 bridgehead atoms. The van der Waals surface area contributed by atoms with Crippen LogP contribution >= 0.6 is 0 Å². The second kappa shape index (κ2) is 5.31. The van der Waals surface area contributed by atoms with E-state index in [1.807, 2.05) is 0 Å². The van der Waals surface area contributed by atoms with Gasteiger partial charge in [-0.3, -0.25) is 4.90 Å². The van der Waals surface area contributed by atoms with Crippen LogP contribution in [-0.4, -0.2) is 36.6 Å². The summed E-state index contributed by atoms with van der Waals surface area (Å²) < 4.78 is 0. The lowest BCUT2D eigenvalue weighted by atomic mass is 9.77. The first-order valence-electron chi connectivity index (χ1n) is 6.83. The first-order chi connectivity index (χ1) is 7.37. The number of hydrogen-bond acceptors (Lipinski definition) is 2. The Morgan fingerprint density at radius 1 is 1.07 bits per heavy atom. The van der Waals surface area contributed by atoms with Gasteiger partial charge in [0.25, 0.3) is 0 Å². The van der Waals surface area contributed by atoms with Crippen molar-refractivity contribution in [2.24, 2.45) is 0 Å². The van der Waals surface area contributed by atoms with Crippen molar-refractivity contribution < 1.29 is 0 Å². The van der Waals surface area contributed by atoms with Crippen molar-refractivity contribution in [1.29, 1.82) is 0 Å². The minimum atomic E-state index is 0.592. The first kappa shape index (κ1) is 11.4. The Morgan fingerprint density at radius 3 is 2.33 bits per heavy atom. The molecule has 1 saturated heterocycles. The quantitative estimate of drug-likeness (QED) is 0.769. The lowest BCUT2D eigenvalue weighted by Gasteiger charge is -2.48. The fourth-order valence-corrected chi connectivity index (χ4v) is 3.54. The van der Waals surface area contributed by atoms with Gasteiger partial charge in [0.15, 0.2) is 0 Å². The summed E-state index contributed by atoms with van der Waals surface area (Å²) in [5.74, 6) is 0. The molecule has 15 heavy (non-hydrogen) atoms. The average Bonchev–Trinajstić information content (AvgIpc) is 2.32. The summed E-state index contributed by atoms with van der Waals surface area (Å²) in [7, 11) is 0. The maximum Gasteiger partial charge on any atom is 0.0210 e. The Labute approximate surface area is 94.4 Å². The normalized spacial score (nSPS) is 27.8. The van der Waals surface area contributed by atoms with E-state index in [2.05, 4.69) is 17.1 Å². The molecule has 0 aromatic heterocycles. The number of hydrogen-bond donors (Lipinski definition) is 1. The van der Waals surface area contributed by atoms with E-state index in [0.29, 0.717) is 5.54 Å². The number of rotatable bonds is 3. The van der Waals surface area contributed by atoms with Crippen LogP contribution < -0.4 is 5.32 Å². The van der Waals surface area contributed by atoms with Gasteiger partial charge in [-0.15, -0.1) is 0 Å². The van der Waals surface area contributed by atoms with Gasteiger partial charge in [-0.1, -0.05) is 32.6 Å². The highest BCUT2D eigenvalue weighted by Gasteiger charge is 2.37. The molecule has 2 heteroatoms. The van der Waals surface area contributed by atoms with E-state index < -0.39 is 0 Å². The lowest BCUT2D eigenvalue weighted by molar-refractivity contribution is 0.0314. The number of nitrogens with zero attached hydrogens (tertiary/aromatic N) is 1. The van der Waals surface area contributed by atoms with E-state index in [1.165, 1.54) is 71.1 Å². The molecular weight excluding hydrogens is 184 g/mol. The summed E-state index contributed by atoms with van der Waals surface area (Å²) in [5.41, 5.74) is 0.592. The molecule has 1 N–H and O–H groups in total. The maximum atomic E-state index is 3.47. The fraction of sp³-hybridized carbons (Fsp3) is 1.00. The standard InChI is InChI=1S/C13H26N2/c1-2-6-13(7-4-3-5-8-13)15-11-9-14-10-12-15/h14H,2-12H2,1H3. The Balaban J connectivity index is 2.01. The maximum absolute atomic E-state index is 3.47. The SMILES string of the molecule is CCCC1(N2CCNCC2)CCCCC1. The first-order valence-corrected chi connectivity index (χ1v) is 6.83. The van der Waals surface area contributed by atoms with Crippen LogP contribution in [-0.2, 0) is 0 Å². The van der Waals surface area contributed by atoms with Crippen molar-refractivity contribution in [3.8, 4) is 0 Å². The summed E-state index contributed by atoms with van der Waals surface area (Å²) >= 11 is 0. The van der Waals surface area contributed by atoms with E-state index in [9.17, 15) is 0 Å². The van der Waals surface area contributed by atoms with E-state index >= 15 is 0 Å². The zero-order chi connectivity index (χ0) is 10.6. The molecule has 1 saturated carbocycles. The monoisotopic (exact) mass is 210 g/mol. The van der Waals surface area contributed by atoms with Crippen molar-refractivity contribution in [3.63, 3.8) is 0 Å². The zero-order valence-corrected chi connectivity index (χ0v) is 10.2. The number of piperazine rings is 1. The predicted octanol–water partition coefficient (Wildman–Crippen LogP) is 2.39. The van der Waals surface area contributed by atoms with Crippen LogP contribution in [0, 0.1) is 0 Å². The van der Waals surface area contributed by atoms with Crippen molar-refractivity contribution >= 4 is 0 Å². The Bertz CT molecular complexity index is 173. The second-order valence-electron chi connectivity index (χ2n) is 5.27. The average molecular weight is 210 g/mol. The van der Waals surface area contributed by atoms with Gasteiger partial charge in [0.1, 0.15) is 0 Å². The van der Waals surface area contributed by atoms with Crippen molar-refractivity contribution in [3.05, 3.63) is 0 Å². The van der Waals surface area contributed by atoms with Gasteiger partial charge in [0.2, 0.25) is 0 Å². The van der Waals surface area contributed by atoms with Crippen molar-refractivity contribution in [1.82, 2.24) is 10.2 Å². The molecule has 2 nitrogen and oxygen atoms in total.